The lowest BCUT2D eigenvalue weighted by Crippen LogP contribution is -2.53. The monoisotopic (exact) mass is 396 g/mol. The number of nitrogens with zero attached hydrogens (tertiary/aromatic N) is 1. The van der Waals surface area contributed by atoms with Gasteiger partial charge in [0.25, 0.3) is 0 Å². The van der Waals surface area contributed by atoms with Gasteiger partial charge in [-0.15, -0.1) is 0 Å². The molecule has 5 rings (SSSR count). The number of benzene rings is 1. The van der Waals surface area contributed by atoms with E-state index in [1.54, 1.807) is 4.90 Å². The minimum atomic E-state index is -0.0831. The number of hydrogen-bond donors (Lipinski definition) is 1. The summed E-state index contributed by atoms with van der Waals surface area (Å²) in [4.78, 5) is 27.2. The van der Waals surface area contributed by atoms with E-state index in [1.807, 2.05) is 7.05 Å². The Morgan fingerprint density at radius 3 is 2.10 bits per heavy atom. The molecule has 4 aliphatic rings. The molecule has 0 radical (unpaired) electrons. The van der Waals surface area contributed by atoms with Crippen molar-refractivity contribution in [2.24, 2.45) is 23.2 Å². The van der Waals surface area contributed by atoms with Crippen LogP contribution in [0.25, 0.3) is 0 Å². The highest BCUT2D eigenvalue weighted by atomic mass is 16.2. The van der Waals surface area contributed by atoms with Crippen LogP contribution in [0.3, 0.4) is 0 Å². The Hall–Kier alpha value is -1.84. The standard InChI is InChI=1S/C25H36N2O2/c1-3-18-6-8-19(9-7-18)17-27(2)23(28)5-4-10-26-24(29)25-14-20-11-21(15-25)13-22(12-20)16-25/h6-9,20-22H,3-5,10-17H2,1-2H3,(H,26,29). The van der Waals surface area contributed by atoms with Crippen LogP contribution in [-0.2, 0) is 22.6 Å². The number of nitrogens with one attached hydrogen (secondary N) is 1. The third-order valence-electron chi connectivity index (χ3n) is 7.65. The molecule has 4 saturated carbocycles. The van der Waals surface area contributed by atoms with E-state index >= 15 is 0 Å². The van der Waals surface area contributed by atoms with Crippen LogP contribution in [0.1, 0.15) is 69.4 Å². The SMILES string of the molecule is CCc1ccc(CN(C)C(=O)CCCNC(=O)C23CC4CC(CC(C4)C2)C3)cc1. The van der Waals surface area contributed by atoms with Gasteiger partial charge in [-0.25, -0.2) is 0 Å². The second kappa shape index (κ2) is 8.49. The summed E-state index contributed by atoms with van der Waals surface area (Å²) < 4.78 is 0. The molecule has 0 aromatic heterocycles. The van der Waals surface area contributed by atoms with Crippen LogP contribution in [-0.4, -0.2) is 30.3 Å². The Kier molecular flexibility index (Phi) is 5.98. The van der Waals surface area contributed by atoms with Crippen molar-refractivity contribution in [1.29, 1.82) is 0 Å². The molecule has 2 amide bonds. The maximum atomic E-state index is 13.0. The Labute approximate surface area is 175 Å². The van der Waals surface area contributed by atoms with Crippen molar-refractivity contribution in [1.82, 2.24) is 10.2 Å². The molecule has 0 saturated heterocycles. The van der Waals surface area contributed by atoms with E-state index < -0.39 is 0 Å². The molecule has 4 nitrogen and oxygen atoms in total. The maximum absolute atomic E-state index is 13.0. The summed E-state index contributed by atoms with van der Waals surface area (Å²) in [7, 11) is 1.87. The van der Waals surface area contributed by atoms with Crippen LogP contribution in [0.5, 0.6) is 0 Å². The molecular weight excluding hydrogens is 360 g/mol. The fourth-order valence-corrected chi connectivity index (χ4v) is 6.45. The van der Waals surface area contributed by atoms with Gasteiger partial charge in [-0.2, -0.15) is 0 Å². The summed E-state index contributed by atoms with van der Waals surface area (Å²) in [5.41, 5.74) is 2.39. The molecular formula is C25H36N2O2. The minimum Gasteiger partial charge on any atom is -0.356 e. The van der Waals surface area contributed by atoms with Crippen molar-refractivity contribution in [3.63, 3.8) is 0 Å². The summed E-state index contributed by atoms with van der Waals surface area (Å²) in [5, 5.41) is 3.19. The molecule has 4 fully saturated rings. The van der Waals surface area contributed by atoms with E-state index in [9.17, 15) is 9.59 Å². The number of hydrogen-bond acceptors (Lipinski definition) is 2. The zero-order valence-electron chi connectivity index (χ0n) is 18.1. The molecule has 0 atom stereocenters. The minimum absolute atomic E-state index is 0.0831. The number of aryl methyl sites for hydroxylation is 1. The summed E-state index contributed by atoms with van der Waals surface area (Å²) in [5.74, 6) is 2.78. The molecule has 29 heavy (non-hydrogen) atoms. The zero-order chi connectivity index (χ0) is 20.4. The second-order valence-electron chi connectivity index (χ2n) is 9.98. The van der Waals surface area contributed by atoms with Crippen LogP contribution in [0, 0.1) is 23.2 Å². The Morgan fingerprint density at radius 1 is 1.00 bits per heavy atom. The summed E-state index contributed by atoms with van der Waals surface area (Å²) in [6.07, 6.45) is 9.61. The van der Waals surface area contributed by atoms with E-state index in [2.05, 4.69) is 36.5 Å². The predicted octanol–water partition coefficient (Wildman–Crippen LogP) is 4.32. The fourth-order valence-electron chi connectivity index (χ4n) is 6.45. The third kappa shape index (κ3) is 4.51. The average Bonchev–Trinajstić information content (AvgIpc) is 2.70. The number of carbonyl (C=O) groups is 2. The van der Waals surface area contributed by atoms with E-state index in [4.69, 9.17) is 0 Å². The van der Waals surface area contributed by atoms with Crippen molar-refractivity contribution in [3.8, 4) is 0 Å². The van der Waals surface area contributed by atoms with Gasteiger partial charge in [-0.3, -0.25) is 9.59 Å². The topological polar surface area (TPSA) is 49.4 Å². The van der Waals surface area contributed by atoms with Gasteiger partial charge in [0.05, 0.1) is 0 Å². The van der Waals surface area contributed by atoms with Crippen LogP contribution >= 0.6 is 0 Å². The molecule has 4 bridgehead atoms. The number of rotatable bonds is 8. The van der Waals surface area contributed by atoms with Crippen LogP contribution in [0.15, 0.2) is 24.3 Å². The van der Waals surface area contributed by atoms with Crippen molar-refractivity contribution >= 4 is 11.8 Å². The molecule has 1 aromatic carbocycles. The number of amides is 2. The largest absolute Gasteiger partial charge is 0.356 e. The molecule has 1 aromatic rings. The Balaban J connectivity index is 1.19. The predicted molar refractivity (Wildman–Crippen MR) is 115 cm³/mol. The molecule has 0 spiro atoms. The fraction of sp³-hybridized carbons (Fsp3) is 0.680. The highest BCUT2D eigenvalue weighted by molar-refractivity contribution is 5.83. The van der Waals surface area contributed by atoms with Gasteiger partial charge in [-0.05, 0) is 80.2 Å². The quantitative estimate of drug-likeness (QED) is 0.665. The van der Waals surface area contributed by atoms with Crippen LogP contribution in [0.2, 0.25) is 0 Å². The summed E-state index contributed by atoms with van der Waals surface area (Å²) >= 11 is 0. The van der Waals surface area contributed by atoms with E-state index in [1.165, 1.54) is 24.8 Å². The lowest BCUT2D eigenvalue weighted by Gasteiger charge is -2.55. The lowest BCUT2D eigenvalue weighted by atomic mass is 9.49. The first-order valence-electron chi connectivity index (χ1n) is 11.6. The van der Waals surface area contributed by atoms with Crippen LogP contribution in [0.4, 0.5) is 0 Å². The highest BCUT2D eigenvalue weighted by Gasteiger charge is 2.54. The zero-order valence-corrected chi connectivity index (χ0v) is 18.1. The second-order valence-corrected chi connectivity index (χ2v) is 9.98. The van der Waals surface area contributed by atoms with Crippen LogP contribution < -0.4 is 5.32 Å². The molecule has 1 N–H and O–H groups in total. The van der Waals surface area contributed by atoms with Gasteiger partial charge >= 0.3 is 0 Å². The summed E-state index contributed by atoms with van der Waals surface area (Å²) in [6.45, 7) is 3.40. The van der Waals surface area contributed by atoms with Crippen molar-refractivity contribution in [2.45, 2.75) is 71.3 Å². The van der Waals surface area contributed by atoms with Gasteiger partial charge in [0, 0.05) is 32.0 Å². The molecule has 4 aliphatic carbocycles. The smallest absolute Gasteiger partial charge is 0.226 e. The number of carbonyl (C=O) groups excluding carboxylic acids is 2. The molecule has 4 heteroatoms. The third-order valence-corrected chi connectivity index (χ3v) is 7.65. The van der Waals surface area contributed by atoms with E-state index in [-0.39, 0.29) is 17.2 Å². The first-order chi connectivity index (χ1) is 14.0. The summed E-state index contributed by atoms with van der Waals surface area (Å²) in [6, 6.07) is 8.48. The van der Waals surface area contributed by atoms with Crippen molar-refractivity contribution < 1.29 is 9.59 Å². The maximum Gasteiger partial charge on any atom is 0.226 e. The molecule has 0 aliphatic heterocycles. The van der Waals surface area contributed by atoms with Crippen molar-refractivity contribution in [3.05, 3.63) is 35.4 Å². The van der Waals surface area contributed by atoms with Crippen molar-refractivity contribution in [2.75, 3.05) is 13.6 Å². The van der Waals surface area contributed by atoms with Gasteiger partial charge in [0.15, 0.2) is 0 Å². The first kappa shape index (κ1) is 20.4. The molecule has 158 valence electrons. The van der Waals surface area contributed by atoms with Gasteiger partial charge in [0.1, 0.15) is 0 Å². The van der Waals surface area contributed by atoms with E-state index in [0.29, 0.717) is 19.5 Å². The lowest BCUT2D eigenvalue weighted by molar-refractivity contribution is -0.146. The first-order valence-corrected chi connectivity index (χ1v) is 11.6. The molecule has 0 unspecified atom stereocenters. The van der Waals surface area contributed by atoms with Gasteiger partial charge in [-0.1, -0.05) is 31.2 Å². The Morgan fingerprint density at radius 2 is 1.55 bits per heavy atom. The van der Waals surface area contributed by atoms with E-state index in [0.717, 1.165) is 55.4 Å². The Bertz CT molecular complexity index is 704. The van der Waals surface area contributed by atoms with Gasteiger partial charge in [0.2, 0.25) is 11.8 Å². The normalized spacial score (nSPS) is 29.7. The highest BCUT2D eigenvalue weighted by Crippen LogP contribution is 2.60. The molecule has 0 heterocycles. The van der Waals surface area contributed by atoms with Gasteiger partial charge < -0.3 is 10.2 Å². The average molecular weight is 397 g/mol.